The first kappa shape index (κ1) is 36.2. The third-order valence-electron chi connectivity index (χ3n) is 7.52. The van der Waals surface area contributed by atoms with E-state index in [2.05, 4.69) is 19.7 Å². The number of thiazole rings is 1. The number of benzene rings is 1. The smallest absolute Gasteiger partial charge is 0.351 e. The summed E-state index contributed by atoms with van der Waals surface area (Å²) < 4.78 is 33.7. The summed E-state index contributed by atoms with van der Waals surface area (Å²) >= 11 is -1.79. The molecule has 0 radical (unpaired) electrons. The van der Waals surface area contributed by atoms with Crippen molar-refractivity contribution in [3.8, 4) is 17.0 Å². The highest BCUT2D eigenvalue weighted by molar-refractivity contribution is 7.74. The van der Waals surface area contributed by atoms with Crippen LogP contribution in [0.25, 0.3) is 11.3 Å². The molecule has 21 heteroatoms. The number of hydrogen-bond donors (Lipinski definition) is 7. The minimum atomic E-state index is -2.77. The highest BCUT2D eigenvalue weighted by Crippen LogP contribution is 2.32. The van der Waals surface area contributed by atoms with Crippen LogP contribution in [0.15, 0.2) is 41.0 Å². The monoisotopic (exact) mass is 708 g/mol. The molecular weight excluding hydrogens is 672 g/mol. The van der Waals surface area contributed by atoms with Crippen LogP contribution in [0.1, 0.15) is 19.5 Å². The third kappa shape index (κ3) is 7.89. The molecule has 3 aromatic rings. The second kappa shape index (κ2) is 15.0. The normalized spacial score (nSPS) is 17.1. The number of nitrogens with one attached hydrogen (secondary N) is 2. The first-order valence-corrected chi connectivity index (χ1v) is 16.1. The third-order valence-corrected chi connectivity index (χ3v) is 8.47. The van der Waals surface area contributed by atoms with Crippen LogP contribution in [-0.2, 0) is 48.5 Å². The molecule has 2 aromatic heterocycles. The van der Waals surface area contributed by atoms with Crippen molar-refractivity contribution >= 4 is 51.3 Å². The fraction of sp³-hybridized carbons (Fsp3) is 0.407. The van der Waals surface area contributed by atoms with Gasteiger partial charge in [0, 0.05) is 31.1 Å². The summed E-state index contributed by atoms with van der Waals surface area (Å²) in [6, 6.07) is 5.53. The van der Waals surface area contributed by atoms with E-state index in [-0.39, 0.29) is 22.4 Å². The molecule has 1 fully saturated rings. The molecule has 3 atom stereocenters. The number of hydrogen-bond acceptors (Lipinski definition) is 14. The Bertz CT molecular complexity index is 1770. The second-order valence-corrected chi connectivity index (χ2v) is 12.6. The molecule has 0 spiro atoms. The van der Waals surface area contributed by atoms with Crippen LogP contribution in [0, 0.1) is 11.3 Å². The zero-order valence-corrected chi connectivity index (χ0v) is 27.7. The molecule has 4 rings (SSSR count). The lowest BCUT2D eigenvalue weighted by molar-refractivity contribution is -0.216. The summed E-state index contributed by atoms with van der Waals surface area (Å²) in [6.07, 6.45) is 0.152. The van der Waals surface area contributed by atoms with Gasteiger partial charge in [0.15, 0.2) is 10.8 Å². The molecule has 1 aliphatic rings. The molecule has 1 saturated heterocycles. The number of nitrogens with two attached hydrogens (primary N) is 3. The Morgan fingerprint density at radius 2 is 1.92 bits per heavy atom. The lowest BCUT2D eigenvalue weighted by atomic mass is 9.84. The van der Waals surface area contributed by atoms with Crippen LogP contribution >= 0.6 is 11.3 Å². The van der Waals surface area contributed by atoms with Gasteiger partial charge in [-0.25, -0.2) is 9.78 Å². The number of β-lactam (4-membered cyclic amide) rings is 1. The molecule has 19 nitrogen and oxygen atoms in total. The van der Waals surface area contributed by atoms with Crippen LogP contribution in [0.2, 0.25) is 0 Å². The number of carbonyl (C=O) groups excluding carboxylic acids is 2. The molecule has 10 N–H and O–H groups in total. The van der Waals surface area contributed by atoms with E-state index in [4.69, 9.17) is 36.7 Å². The van der Waals surface area contributed by atoms with E-state index in [1.54, 1.807) is 40.4 Å². The van der Waals surface area contributed by atoms with Crippen LogP contribution in [0.5, 0.6) is 5.75 Å². The van der Waals surface area contributed by atoms with Gasteiger partial charge in [0.1, 0.15) is 24.1 Å². The molecule has 1 aromatic carbocycles. The fourth-order valence-corrected chi connectivity index (χ4v) is 5.62. The number of carbonyl (C=O) groups is 3. The summed E-state index contributed by atoms with van der Waals surface area (Å²) in [5, 5.41) is 26.5. The molecule has 1 unspecified atom stereocenters. The number of hydroxylamine groups is 2. The maximum absolute atomic E-state index is 13.2. The molecule has 2 amide bonds. The van der Waals surface area contributed by atoms with Gasteiger partial charge in [-0.1, -0.05) is 5.16 Å². The number of aromatic nitrogens is 3. The van der Waals surface area contributed by atoms with Crippen molar-refractivity contribution in [3.63, 3.8) is 0 Å². The van der Waals surface area contributed by atoms with Crippen molar-refractivity contribution in [1.29, 1.82) is 5.41 Å². The Morgan fingerprint density at radius 1 is 1.25 bits per heavy atom. The predicted octanol–water partition coefficient (Wildman–Crippen LogP) is -1.03. The number of amides is 2. The van der Waals surface area contributed by atoms with E-state index in [1.165, 1.54) is 19.2 Å². The van der Waals surface area contributed by atoms with E-state index in [9.17, 15) is 23.7 Å². The highest BCUT2D eigenvalue weighted by Gasteiger charge is 2.57. The van der Waals surface area contributed by atoms with Crippen molar-refractivity contribution in [2.45, 2.75) is 38.1 Å². The second-order valence-electron chi connectivity index (χ2n) is 11.1. The fourth-order valence-electron chi connectivity index (χ4n) is 4.68. The SMILES string of the molecule is Cn1c(-c2ccc(OC[C@H](O/N=C(\C(=O)N[C@@H]3C(=O)N(OS(=O)O)C3(C)C)c3csc(N)n3)C(=O)O)cc2)cn(CC(CN)CN)c1=N. The number of aliphatic carboxylic acids is 1. The van der Waals surface area contributed by atoms with Gasteiger partial charge in [-0.3, -0.25) is 19.6 Å². The molecular formula is C27H36N10O9S2. The van der Waals surface area contributed by atoms with E-state index in [1.807, 2.05) is 6.20 Å². The van der Waals surface area contributed by atoms with Crippen molar-refractivity contribution < 1.29 is 42.1 Å². The zero-order chi connectivity index (χ0) is 35.3. The standard InChI is InChI=1S/C27H36N10O9S2/c1-27(2)21(23(39)37(27)46-48(42)43)33-22(38)20(17-13-47-25(30)32-17)34-45-19(24(40)41)12-44-16-6-4-15(5-7-16)18-11-36(26(31)35(18)3)10-14(8-28)9-29/h4-7,11,13-14,19,21,31H,8-10,12,28-29H2,1-3H3,(H2,30,32)(H,33,38)(H,40,41)(H,42,43)/b31-26?,34-20-/t19-,21+/m0/s1. The number of nitrogen functional groups attached to an aromatic ring is 1. The highest BCUT2D eigenvalue weighted by atomic mass is 32.2. The van der Waals surface area contributed by atoms with Gasteiger partial charge in [0.25, 0.3) is 17.9 Å². The minimum Gasteiger partial charge on any atom is -0.489 e. The number of imidazole rings is 1. The summed E-state index contributed by atoms with van der Waals surface area (Å²) in [7, 11) is 1.76. The van der Waals surface area contributed by atoms with Crippen LogP contribution in [-0.4, -0.2) is 93.9 Å². The molecule has 3 heterocycles. The molecule has 0 bridgehead atoms. The summed E-state index contributed by atoms with van der Waals surface area (Å²) in [6.45, 7) is 3.74. The van der Waals surface area contributed by atoms with Crippen LogP contribution in [0.3, 0.4) is 0 Å². The average molecular weight is 709 g/mol. The van der Waals surface area contributed by atoms with Gasteiger partial charge in [-0.2, -0.15) is 9.27 Å². The zero-order valence-electron chi connectivity index (χ0n) is 26.1. The van der Waals surface area contributed by atoms with Gasteiger partial charge < -0.3 is 46.3 Å². The van der Waals surface area contributed by atoms with Crippen molar-refractivity contribution in [1.82, 2.24) is 24.5 Å². The predicted molar refractivity (Wildman–Crippen MR) is 172 cm³/mol. The largest absolute Gasteiger partial charge is 0.489 e. The molecule has 0 aliphatic carbocycles. The van der Waals surface area contributed by atoms with Crippen molar-refractivity contribution in [3.05, 3.63) is 47.2 Å². The lowest BCUT2D eigenvalue weighted by Crippen LogP contribution is -2.76. The van der Waals surface area contributed by atoms with E-state index >= 15 is 0 Å². The molecule has 48 heavy (non-hydrogen) atoms. The van der Waals surface area contributed by atoms with Crippen LogP contribution < -0.4 is 32.9 Å². The van der Waals surface area contributed by atoms with E-state index < -0.39 is 59.1 Å². The Labute approximate surface area is 280 Å². The number of nitrogens with zero attached hydrogens (tertiary/aromatic N) is 5. The molecule has 260 valence electrons. The summed E-state index contributed by atoms with van der Waals surface area (Å²) in [4.78, 5) is 47.0. The number of anilines is 1. The van der Waals surface area contributed by atoms with Crippen molar-refractivity contribution in [2.24, 2.45) is 29.6 Å². The number of oxime groups is 1. The van der Waals surface area contributed by atoms with E-state index in [0.29, 0.717) is 30.4 Å². The van der Waals surface area contributed by atoms with Gasteiger partial charge >= 0.3 is 17.3 Å². The Hall–Kier alpha value is -4.67. The lowest BCUT2D eigenvalue weighted by Gasteiger charge is -2.50. The number of ether oxygens (including phenoxy) is 1. The van der Waals surface area contributed by atoms with Gasteiger partial charge in [0.2, 0.25) is 5.62 Å². The average Bonchev–Trinajstić information content (AvgIpc) is 3.60. The Morgan fingerprint density at radius 3 is 2.46 bits per heavy atom. The first-order chi connectivity index (χ1) is 22.7. The first-order valence-electron chi connectivity index (χ1n) is 14.2. The van der Waals surface area contributed by atoms with Crippen molar-refractivity contribution in [2.75, 3.05) is 25.4 Å². The van der Waals surface area contributed by atoms with Gasteiger partial charge in [0.05, 0.1) is 11.2 Å². The Kier molecular flexibility index (Phi) is 11.3. The minimum absolute atomic E-state index is 0.0237. The molecule has 0 saturated carbocycles. The topological polar surface area (TPSA) is 289 Å². The quantitative estimate of drug-likeness (QED) is 0.0406. The maximum Gasteiger partial charge on any atom is 0.351 e. The maximum atomic E-state index is 13.2. The number of carboxylic acids is 1. The number of rotatable bonds is 16. The van der Waals surface area contributed by atoms with Crippen LogP contribution in [0.4, 0.5) is 5.13 Å². The van der Waals surface area contributed by atoms with Gasteiger partial charge in [-0.15, -0.1) is 15.6 Å². The summed E-state index contributed by atoms with van der Waals surface area (Å²) in [5.74, 6) is -2.89. The molecule has 1 aliphatic heterocycles. The Balaban J connectivity index is 1.46. The number of carboxylic acid groups (broad SMARTS) is 1. The summed E-state index contributed by atoms with van der Waals surface area (Å²) in [5.41, 5.74) is 17.3. The van der Waals surface area contributed by atoms with E-state index in [0.717, 1.165) is 22.6 Å². The van der Waals surface area contributed by atoms with Gasteiger partial charge in [-0.05, 0) is 56.8 Å².